The van der Waals surface area contributed by atoms with Crippen LogP contribution in [-0.2, 0) is 0 Å². The van der Waals surface area contributed by atoms with Gasteiger partial charge in [0.05, 0.1) is 17.4 Å². The van der Waals surface area contributed by atoms with Crippen LogP contribution in [-0.4, -0.2) is 24.6 Å². The van der Waals surface area contributed by atoms with Crippen LogP contribution in [0.25, 0.3) is 0 Å². The van der Waals surface area contributed by atoms with Crippen molar-refractivity contribution in [1.29, 1.82) is 5.26 Å². The fourth-order valence-corrected chi connectivity index (χ4v) is 1.22. The first kappa shape index (κ1) is 11.5. The minimum absolute atomic E-state index is 0.639. The molecule has 0 saturated heterocycles. The van der Waals surface area contributed by atoms with Gasteiger partial charge in [-0.15, -0.1) is 0 Å². The van der Waals surface area contributed by atoms with Crippen LogP contribution in [0.3, 0.4) is 0 Å². The molecular weight excluding hydrogens is 188 g/mol. The van der Waals surface area contributed by atoms with Gasteiger partial charge >= 0.3 is 0 Å². The van der Waals surface area contributed by atoms with Gasteiger partial charge < -0.3 is 10.6 Å². The Morgan fingerprint density at radius 1 is 1.40 bits per heavy atom. The molecule has 1 rings (SSSR count). The van der Waals surface area contributed by atoms with Crippen molar-refractivity contribution >= 4 is 5.69 Å². The molecule has 0 aliphatic rings. The van der Waals surface area contributed by atoms with Crippen LogP contribution in [0, 0.1) is 11.3 Å². The lowest BCUT2D eigenvalue weighted by Crippen LogP contribution is -2.23. The van der Waals surface area contributed by atoms with Crippen molar-refractivity contribution in [3.05, 3.63) is 24.0 Å². The average molecular weight is 204 g/mol. The molecule has 1 aromatic heterocycles. The highest BCUT2D eigenvalue weighted by Gasteiger charge is 1.98. The third kappa shape index (κ3) is 3.96. The predicted molar refractivity (Wildman–Crippen MR) is 60.6 cm³/mol. The van der Waals surface area contributed by atoms with Crippen LogP contribution in [0.15, 0.2) is 18.5 Å². The third-order valence-corrected chi connectivity index (χ3v) is 1.99. The van der Waals surface area contributed by atoms with E-state index in [9.17, 15) is 0 Å². The smallest absolute Gasteiger partial charge is 0.101 e. The van der Waals surface area contributed by atoms with Crippen molar-refractivity contribution in [2.45, 2.75) is 13.3 Å². The van der Waals surface area contributed by atoms with Gasteiger partial charge in [-0.1, -0.05) is 6.92 Å². The Morgan fingerprint density at radius 3 is 3.00 bits per heavy atom. The van der Waals surface area contributed by atoms with Crippen molar-refractivity contribution in [2.75, 3.05) is 25.0 Å². The van der Waals surface area contributed by atoms with Crippen LogP contribution >= 0.6 is 0 Å². The highest BCUT2D eigenvalue weighted by molar-refractivity contribution is 5.55. The molecule has 0 spiro atoms. The number of pyridine rings is 1. The van der Waals surface area contributed by atoms with E-state index in [1.54, 1.807) is 18.5 Å². The minimum atomic E-state index is 0.639. The Labute approximate surface area is 90.3 Å². The molecule has 15 heavy (non-hydrogen) atoms. The number of nitriles is 1. The van der Waals surface area contributed by atoms with Crippen LogP contribution in [0.1, 0.15) is 18.9 Å². The fourth-order valence-electron chi connectivity index (χ4n) is 1.22. The zero-order valence-electron chi connectivity index (χ0n) is 8.95. The maximum atomic E-state index is 8.83. The van der Waals surface area contributed by atoms with E-state index in [2.05, 4.69) is 28.6 Å². The molecule has 0 aromatic carbocycles. The van der Waals surface area contributed by atoms with E-state index in [0.29, 0.717) is 5.56 Å². The molecule has 0 fully saturated rings. The molecular formula is C11H16N4. The van der Waals surface area contributed by atoms with Gasteiger partial charge in [-0.3, -0.25) is 4.98 Å². The molecule has 1 aromatic rings. The summed E-state index contributed by atoms with van der Waals surface area (Å²) in [5, 5.41) is 15.3. The molecule has 4 heteroatoms. The summed E-state index contributed by atoms with van der Waals surface area (Å²) < 4.78 is 0. The Morgan fingerprint density at radius 2 is 2.27 bits per heavy atom. The van der Waals surface area contributed by atoms with Crippen molar-refractivity contribution < 1.29 is 0 Å². The molecule has 2 N–H and O–H groups in total. The highest BCUT2D eigenvalue weighted by atomic mass is 14.9. The Balaban J connectivity index is 2.34. The molecule has 0 unspecified atom stereocenters. The summed E-state index contributed by atoms with van der Waals surface area (Å²) in [4.78, 5) is 3.97. The molecule has 0 saturated carbocycles. The Kier molecular flexibility index (Phi) is 5.20. The maximum Gasteiger partial charge on any atom is 0.101 e. The second-order valence-electron chi connectivity index (χ2n) is 3.21. The molecule has 0 bridgehead atoms. The van der Waals surface area contributed by atoms with Gasteiger partial charge in [0.1, 0.15) is 6.07 Å². The standard InChI is InChI=1S/C11H16N4/c1-2-4-13-6-7-15-11-9-14-5-3-10(11)8-12/h3,5,9,13,15H,2,4,6-7H2,1H3. The quantitative estimate of drug-likeness (QED) is 0.687. The lowest BCUT2D eigenvalue weighted by atomic mass is 10.2. The normalized spacial score (nSPS) is 9.60. The number of aromatic nitrogens is 1. The Bertz CT molecular complexity index is 330. The molecule has 0 radical (unpaired) electrons. The summed E-state index contributed by atoms with van der Waals surface area (Å²) in [6, 6.07) is 3.83. The summed E-state index contributed by atoms with van der Waals surface area (Å²) in [6.45, 7) is 4.86. The van der Waals surface area contributed by atoms with Gasteiger partial charge in [-0.05, 0) is 19.0 Å². The second-order valence-corrected chi connectivity index (χ2v) is 3.21. The van der Waals surface area contributed by atoms with Crippen LogP contribution in [0.5, 0.6) is 0 Å². The van der Waals surface area contributed by atoms with Crippen molar-refractivity contribution in [3.63, 3.8) is 0 Å². The predicted octanol–water partition coefficient (Wildman–Crippen LogP) is 1.36. The first-order valence-corrected chi connectivity index (χ1v) is 5.17. The van der Waals surface area contributed by atoms with Gasteiger partial charge in [0.2, 0.25) is 0 Å². The summed E-state index contributed by atoms with van der Waals surface area (Å²) in [7, 11) is 0. The average Bonchev–Trinajstić information content (AvgIpc) is 2.29. The van der Waals surface area contributed by atoms with E-state index < -0.39 is 0 Å². The van der Waals surface area contributed by atoms with Crippen molar-refractivity contribution in [2.24, 2.45) is 0 Å². The van der Waals surface area contributed by atoms with E-state index >= 15 is 0 Å². The van der Waals surface area contributed by atoms with Crippen molar-refractivity contribution in [3.8, 4) is 6.07 Å². The minimum Gasteiger partial charge on any atom is -0.381 e. The topological polar surface area (TPSA) is 60.7 Å². The monoisotopic (exact) mass is 204 g/mol. The first-order valence-electron chi connectivity index (χ1n) is 5.17. The molecule has 0 amide bonds. The molecule has 0 aliphatic heterocycles. The highest BCUT2D eigenvalue weighted by Crippen LogP contribution is 2.10. The van der Waals surface area contributed by atoms with Gasteiger partial charge in [0.25, 0.3) is 0 Å². The van der Waals surface area contributed by atoms with Crippen LogP contribution < -0.4 is 10.6 Å². The fraction of sp³-hybridized carbons (Fsp3) is 0.455. The van der Waals surface area contributed by atoms with Gasteiger partial charge in [-0.25, -0.2) is 0 Å². The number of hydrogen-bond acceptors (Lipinski definition) is 4. The lowest BCUT2D eigenvalue weighted by Gasteiger charge is -2.07. The molecule has 1 heterocycles. The van der Waals surface area contributed by atoms with Gasteiger partial charge in [0.15, 0.2) is 0 Å². The number of nitrogens with one attached hydrogen (secondary N) is 2. The summed E-state index contributed by atoms with van der Waals surface area (Å²) in [5.74, 6) is 0. The van der Waals surface area contributed by atoms with E-state index in [-0.39, 0.29) is 0 Å². The summed E-state index contributed by atoms with van der Waals surface area (Å²) in [6.07, 6.45) is 4.44. The van der Waals surface area contributed by atoms with E-state index in [1.807, 2.05) is 0 Å². The zero-order valence-corrected chi connectivity index (χ0v) is 8.95. The maximum absolute atomic E-state index is 8.83. The first-order chi connectivity index (χ1) is 7.38. The van der Waals surface area contributed by atoms with Crippen LogP contribution in [0.4, 0.5) is 5.69 Å². The summed E-state index contributed by atoms with van der Waals surface area (Å²) in [5.41, 5.74) is 1.44. The summed E-state index contributed by atoms with van der Waals surface area (Å²) >= 11 is 0. The van der Waals surface area contributed by atoms with E-state index in [4.69, 9.17) is 5.26 Å². The zero-order chi connectivity index (χ0) is 10.9. The van der Waals surface area contributed by atoms with E-state index in [0.717, 1.165) is 31.7 Å². The number of anilines is 1. The number of rotatable bonds is 6. The largest absolute Gasteiger partial charge is 0.381 e. The van der Waals surface area contributed by atoms with E-state index in [1.165, 1.54) is 0 Å². The molecule has 80 valence electrons. The van der Waals surface area contributed by atoms with Crippen LogP contribution in [0.2, 0.25) is 0 Å². The Hall–Kier alpha value is -1.60. The molecule has 4 nitrogen and oxygen atoms in total. The molecule has 0 atom stereocenters. The van der Waals surface area contributed by atoms with Crippen molar-refractivity contribution in [1.82, 2.24) is 10.3 Å². The lowest BCUT2D eigenvalue weighted by molar-refractivity contribution is 0.687. The number of hydrogen-bond donors (Lipinski definition) is 2. The number of nitrogens with zero attached hydrogens (tertiary/aromatic N) is 2. The van der Waals surface area contributed by atoms with Gasteiger partial charge in [0, 0.05) is 19.3 Å². The third-order valence-electron chi connectivity index (χ3n) is 1.99. The SMILES string of the molecule is CCCNCCNc1cnccc1C#N. The second kappa shape index (κ2) is 6.80. The molecule has 0 aliphatic carbocycles. The van der Waals surface area contributed by atoms with Gasteiger partial charge in [-0.2, -0.15) is 5.26 Å².